The van der Waals surface area contributed by atoms with Gasteiger partial charge in [0.15, 0.2) is 5.65 Å². The zero-order valence-corrected chi connectivity index (χ0v) is 25.4. The first-order chi connectivity index (χ1) is 20.6. The number of aromatic nitrogens is 3. The van der Waals surface area contributed by atoms with Gasteiger partial charge in [0, 0.05) is 60.4 Å². The van der Waals surface area contributed by atoms with E-state index >= 15 is 0 Å². The van der Waals surface area contributed by atoms with Gasteiger partial charge in [0.25, 0.3) is 10.0 Å². The van der Waals surface area contributed by atoms with Crippen molar-refractivity contribution in [3.63, 3.8) is 0 Å². The smallest absolute Gasteiger partial charge is 0.269 e. The summed E-state index contributed by atoms with van der Waals surface area (Å²) < 4.78 is 34.6. The van der Waals surface area contributed by atoms with Crippen molar-refractivity contribution in [3.05, 3.63) is 70.8 Å². The topological polar surface area (TPSA) is 89.4 Å². The van der Waals surface area contributed by atoms with Gasteiger partial charge in [0.1, 0.15) is 0 Å². The number of ether oxygens (including phenoxy) is 1. The first-order valence-corrected chi connectivity index (χ1v) is 17.4. The molecule has 0 amide bonds. The van der Waals surface area contributed by atoms with E-state index in [1.54, 1.807) is 41.8 Å². The zero-order valence-electron chi connectivity index (χ0n) is 23.7. The highest BCUT2D eigenvalue weighted by Gasteiger charge is 2.27. The van der Waals surface area contributed by atoms with Gasteiger partial charge in [-0.25, -0.2) is 22.4 Å². The molecule has 1 atom stereocenters. The number of nitrogens with one attached hydrogen (secondary N) is 1. The van der Waals surface area contributed by atoms with Crippen molar-refractivity contribution >= 4 is 38.0 Å². The second-order valence-corrected chi connectivity index (χ2v) is 14.2. The predicted molar refractivity (Wildman–Crippen MR) is 167 cm³/mol. The normalized spacial score (nSPS) is 21.3. The molecule has 1 aromatic carbocycles. The minimum absolute atomic E-state index is 0.243. The van der Waals surface area contributed by atoms with Gasteiger partial charge in [0.2, 0.25) is 0 Å². The Morgan fingerprint density at radius 2 is 1.90 bits per heavy atom. The van der Waals surface area contributed by atoms with Crippen molar-refractivity contribution in [2.45, 2.75) is 55.4 Å². The Balaban J connectivity index is 1.27. The fourth-order valence-electron chi connectivity index (χ4n) is 6.56. The van der Waals surface area contributed by atoms with E-state index in [0.29, 0.717) is 17.6 Å². The van der Waals surface area contributed by atoms with Crippen LogP contribution in [-0.4, -0.2) is 72.7 Å². The average molecular weight is 604 g/mol. The molecule has 2 fully saturated rings. The van der Waals surface area contributed by atoms with E-state index in [2.05, 4.69) is 27.7 Å². The first kappa shape index (κ1) is 27.9. The van der Waals surface area contributed by atoms with Crippen LogP contribution < -0.4 is 5.32 Å². The highest BCUT2D eigenvalue weighted by Crippen LogP contribution is 2.38. The summed E-state index contributed by atoms with van der Waals surface area (Å²) in [7, 11) is -3.84. The highest BCUT2D eigenvalue weighted by atomic mass is 32.2. The van der Waals surface area contributed by atoms with Crippen molar-refractivity contribution in [2.24, 2.45) is 0 Å². The van der Waals surface area contributed by atoms with Gasteiger partial charge in [0.05, 0.1) is 22.2 Å². The molecule has 42 heavy (non-hydrogen) atoms. The number of fused-ring (bicyclic) bond motifs is 1. The average Bonchev–Trinajstić information content (AvgIpc) is 3.59. The molecule has 10 heteroatoms. The van der Waals surface area contributed by atoms with Crippen LogP contribution >= 0.6 is 11.3 Å². The van der Waals surface area contributed by atoms with Gasteiger partial charge < -0.3 is 10.1 Å². The summed E-state index contributed by atoms with van der Waals surface area (Å²) >= 11 is 1.68. The molecule has 1 aliphatic carbocycles. The van der Waals surface area contributed by atoms with Crippen LogP contribution in [0.1, 0.15) is 55.0 Å². The van der Waals surface area contributed by atoms with Crippen LogP contribution in [0.15, 0.2) is 65.1 Å². The van der Waals surface area contributed by atoms with Crippen LogP contribution in [0.2, 0.25) is 0 Å². The lowest BCUT2D eigenvalue weighted by molar-refractivity contribution is 0.129. The maximum atomic E-state index is 13.8. The summed E-state index contributed by atoms with van der Waals surface area (Å²) in [5, 5.41) is 7.45. The van der Waals surface area contributed by atoms with Crippen LogP contribution in [-0.2, 0) is 14.8 Å². The minimum Gasteiger partial charge on any atom is -0.380 e. The molecule has 0 bridgehead atoms. The highest BCUT2D eigenvalue weighted by molar-refractivity contribution is 7.90. The van der Waals surface area contributed by atoms with Gasteiger partial charge in [-0.15, -0.1) is 11.3 Å². The Morgan fingerprint density at radius 3 is 2.71 bits per heavy atom. The fraction of sp³-hybridized carbons (Fsp3) is 0.438. The third-order valence-corrected chi connectivity index (χ3v) is 11.6. The molecule has 5 heterocycles. The standard InChI is InChI=1S/C32H37N5O3S2/c38-42(39,27-5-2-1-3-6-27)37-21-29(30-22-41-32(35-30)24-11-13-33-14-12-24)28-19-25(20-34-31(28)37)23-7-9-26(10-8-23)36-15-4-17-40-18-16-36/h1-3,5-7,19-22,24,26,33H,4,8-18H2. The van der Waals surface area contributed by atoms with Crippen molar-refractivity contribution < 1.29 is 13.2 Å². The molecule has 0 saturated carbocycles. The molecule has 7 rings (SSSR count). The molecular weight excluding hydrogens is 567 g/mol. The van der Waals surface area contributed by atoms with E-state index in [9.17, 15) is 8.42 Å². The second kappa shape index (κ2) is 12.0. The predicted octanol–water partition coefficient (Wildman–Crippen LogP) is 5.52. The molecule has 220 valence electrons. The molecule has 4 aromatic rings. The summed E-state index contributed by atoms with van der Waals surface area (Å²) in [5.41, 5.74) is 4.41. The number of allylic oxidation sites excluding steroid dienone is 1. The lowest BCUT2D eigenvalue weighted by atomic mass is 9.90. The van der Waals surface area contributed by atoms with E-state index < -0.39 is 10.0 Å². The molecule has 3 aliphatic rings. The fourth-order valence-corrected chi connectivity index (χ4v) is 8.90. The number of thiazole rings is 1. The number of pyridine rings is 1. The number of benzene rings is 1. The van der Waals surface area contributed by atoms with Crippen molar-refractivity contribution in [1.82, 2.24) is 24.2 Å². The second-order valence-electron chi connectivity index (χ2n) is 11.5. The SMILES string of the molecule is O=S(=O)(c1ccccc1)n1cc(-c2csc(C3CCNCC3)n2)c2cc(C3=CCC(N4CCCOCC4)CC3)cnc21. The summed E-state index contributed by atoms with van der Waals surface area (Å²) in [6, 6.07) is 11.3. The lowest BCUT2D eigenvalue weighted by Crippen LogP contribution is -2.37. The molecule has 1 unspecified atom stereocenters. The van der Waals surface area contributed by atoms with Crippen LogP contribution in [0.25, 0.3) is 27.9 Å². The van der Waals surface area contributed by atoms with E-state index in [4.69, 9.17) is 14.7 Å². The largest absolute Gasteiger partial charge is 0.380 e. The van der Waals surface area contributed by atoms with E-state index in [-0.39, 0.29) is 4.90 Å². The van der Waals surface area contributed by atoms with Crippen LogP contribution in [0.3, 0.4) is 0 Å². The molecule has 0 spiro atoms. The van der Waals surface area contributed by atoms with E-state index in [1.807, 2.05) is 12.3 Å². The maximum absolute atomic E-state index is 13.8. The number of piperidine rings is 1. The summed E-state index contributed by atoms with van der Waals surface area (Å²) in [6.45, 7) is 5.78. The molecule has 3 aromatic heterocycles. The molecule has 8 nitrogen and oxygen atoms in total. The van der Waals surface area contributed by atoms with Gasteiger partial charge in [-0.05, 0) is 81.0 Å². The van der Waals surface area contributed by atoms with Gasteiger partial charge >= 0.3 is 0 Å². The number of hydrogen-bond donors (Lipinski definition) is 1. The number of nitrogens with zero attached hydrogens (tertiary/aromatic N) is 4. The minimum atomic E-state index is -3.84. The quantitative estimate of drug-likeness (QED) is 0.310. The molecule has 1 N–H and O–H groups in total. The van der Waals surface area contributed by atoms with Crippen LogP contribution in [0, 0.1) is 0 Å². The molecule has 2 saturated heterocycles. The summed E-state index contributed by atoms with van der Waals surface area (Å²) in [4.78, 5) is 12.7. The Hall–Kier alpha value is -2.89. The lowest BCUT2D eigenvalue weighted by Gasteiger charge is -2.32. The van der Waals surface area contributed by atoms with Gasteiger partial charge in [-0.1, -0.05) is 24.3 Å². The number of rotatable bonds is 6. The molecular formula is C32H37N5O3S2. The Bertz CT molecular complexity index is 1680. The van der Waals surface area contributed by atoms with Crippen molar-refractivity contribution in [2.75, 3.05) is 39.4 Å². The van der Waals surface area contributed by atoms with Gasteiger partial charge in [-0.3, -0.25) is 4.90 Å². The van der Waals surface area contributed by atoms with Crippen molar-refractivity contribution in [1.29, 1.82) is 0 Å². The Morgan fingerprint density at radius 1 is 1.05 bits per heavy atom. The summed E-state index contributed by atoms with van der Waals surface area (Å²) in [6.07, 6.45) is 12.2. The summed E-state index contributed by atoms with van der Waals surface area (Å²) in [5.74, 6) is 0.441. The molecule has 2 aliphatic heterocycles. The molecule has 0 radical (unpaired) electrons. The third kappa shape index (κ3) is 5.46. The van der Waals surface area contributed by atoms with E-state index in [1.165, 1.54) is 9.55 Å². The Kier molecular flexibility index (Phi) is 7.98. The first-order valence-electron chi connectivity index (χ1n) is 15.1. The van der Waals surface area contributed by atoms with Crippen LogP contribution in [0.4, 0.5) is 0 Å². The van der Waals surface area contributed by atoms with Gasteiger partial charge in [-0.2, -0.15) is 0 Å². The van der Waals surface area contributed by atoms with Crippen LogP contribution in [0.5, 0.6) is 0 Å². The zero-order chi connectivity index (χ0) is 28.5. The Labute approximate surface area is 251 Å². The van der Waals surface area contributed by atoms with E-state index in [0.717, 1.165) is 105 Å². The third-order valence-electron chi connectivity index (χ3n) is 8.93. The van der Waals surface area contributed by atoms with Crippen molar-refractivity contribution in [3.8, 4) is 11.3 Å². The number of hydrogen-bond acceptors (Lipinski definition) is 8. The monoisotopic (exact) mass is 603 g/mol. The maximum Gasteiger partial charge on any atom is 0.269 e.